The number of hydrogen-bond acceptors (Lipinski definition) is 6. The SMILES string of the molecule is Cc1noc(-c2sccc2NS(=O)(=O)c2cc(F)ccc2F)n1. The summed E-state index contributed by atoms with van der Waals surface area (Å²) in [7, 11) is -4.31. The summed E-state index contributed by atoms with van der Waals surface area (Å²) in [6, 6.07) is 3.67. The molecular formula is C13H9F2N3O3S2. The highest BCUT2D eigenvalue weighted by atomic mass is 32.2. The lowest BCUT2D eigenvalue weighted by atomic mass is 10.3. The lowest BCUT2D eigenvalue weighted by Crippen LogP contribution is -2.15. The standard InChI is InChI=1S/C13H9F2N3O3S2/c1-7-16-13(21-17-7)12-10(4-5-22-12)18-23(19,20)11-6-8(14)2-3-9(11)15/h2-6,18H,1H3. The number of sulfonamides is 1. The highest BCUT2D eigenvalue weighted by molar-refractivity contribution is 7.92. The molecule has 0 unspecified atom stereocenters. The van der Waals surface area contributed by atoms with Gasteiger partial charge < -0.3 is 4.52 Å². The summed E-state index contributed by atoms with van der Waals surface area (Å²) in [4.78, 5) is 3.61. The summed E-state index contributed by atoms with van der Waals surface area (Å²) >= 11 is 1.17. The predicted octanol–water partition coefficient (Wildman–Crippen LogP) is 3.19. The number of nitrogens with zero attached hydrogens (tertiary/aromatic N) is 2. The maximum Gasteiger partial charge on any atom is 0.270 e. The molecule has 2 aromatic heterocycles. The quantitative estimate of drug-likeness (QED) is 0.775. The minimum atomic E-state index is -4.31. The van der Waals surface area contributed by atoms with Crippen molar-refractivity contribution in [2.75, 3.05) is 4.72 Å². The van der Waals surface area contributed by atoms with Gasteiger partial charge in [0, 0.05) is 0 Å². The van der Waals surface area contributed by atoms with Crippen LogP contribution in [0.4, 0.5) is 14.5 Å². The smallest absolute Gasteiger partial charge is 0.270 e. The summed E-state index contributed by atoms with van der Waals surface area (Å²) in [5.41, 5.74) is 0.141. The van der Waals surface area contributed by atoms with Gasteiger partial charge in [-0.05, 0) is 36.6 Å². The van der Waals surface area contributed by atoms with Gasteiger partial charge in [-0.15, -0.1) is 11.3 Å². The van der Waals surface area contributed by atoms with Crippen molar-refractivity contribution in [3.63, 3.8) is 0 Å². The fourth-order valence-corrected chi connectivity index (χ4v) is 3.82. The van der Waals surface area contributed by atoms with Crippen LogP contribution in [0, 0.1) is 18.6 Å². The van der Waals surface area contributed by atoms with Gasteiger partial charge >= 0.3 is 0 Å². The summed E-state index contributed by atoms with van der Waals surface area (Å²) in [5, 5.41) is 5.23. The van der Waals surface area contributed by atoms with Crippen molar-refractivity contribution in [1.29, 1.82) is 0 Å². The van der Waals surface area contributed by atoms with E-state index in [9.17, 15) is 17.2 Å². The first-order chi connectivity index (χ1) is 10.9. The third-order valence-corrected chi connectivity index (χ3v) is 5.10. The van der Waals surface area contributed by atoms with Crippen LogP contribution in [0.2, 0.25) is 0 Å². The molecule has 10 heteroatoms. The molecule has 23 heavy (non-hydrogen) atoms. The molecular weight excluding hydrogens is 348 g/mol. The normalized spacial score (nSPS) is 11.6. The molecule has 3 aromatic rings. The topological polar surface area (TPSA) is 85.1 Å². The van der Waals surface area contributed by atoms with Crippen molar-refractivity contribution in [3.8, 4) is 10.8 Å². The molecule has 2 heterocycles. The van der Waals surface area contributed by atoms with Crippen molar-refractivity contribution >= 4 is 27.0 Å². The van der Waals surface area contributed by atoms with Crippen LogP contribution in [0.1, 0.15) is 5.82 Å². The first-order valence-electron chi connectivity index (χ1n) is 6.23. The number of thiophene rings is 1. The molecule has 0 atom stereocenters. The average molecular weight is 357 g/mol. The van der Waals surface area contributed by atoms with Gasteiger partial charge in [-0.3, -0.25) is 4.72 Å². The lowest BCUT2D eigenvalue weighted by Gasteiger charge is -2.08. The van der Waals surface area contributed by atoms with Crippen molar-refractivity contribution in [1.82, 2.24) is 10.1 Å². The van der Waals surface area contributed by atoms with Gasteiger partial charge in [0.15, 0.2) is 5.82 Å². The van der Waals surface area contributed by atoms with E-state index in [1.807, 2.05) is 0 Å². The molecule has 0 aliphatic rings. The number of aromatic nitrogens is 2. The molecule has 3 rings (SSSR count). The van der Waals surface area contributed by atoms with Crippen LogP contribution in [0.25, 0.3) is 10.8 Å². The Morgan fingerprint density at radius 2 is 2.04 bits per heavy atom. The number of rotatable bonds is 4. The van der Waals surface area contributed by atoms with Crippen molar-refractivity contribution in [2.45, 2.75) is 11.8 Å². The van der Waals surface area contributed by atoms with Crippen LogP contribution in [0.15, 0.2) is 39.1 Å². The molecule has 0 bridgehead atoms. The van der Waals surface area contributed by atoms with Crippen LogP contribution in [-0.4, -0.2) is 18.6 Å². The number of benzene rings is 1. The Balaban J connectivity index is 1.99. The molecule has 0 fully saturated rings. The van der Waals surface area contributed by atoms with E-state index in [2.05, 4.69) is 14.9 Å². The van der Waals surface area contributed by atoms with E-state index in [1.54, 1.807) is 12.3 Å². The maximum absolute atomic E-state index is 13.7. The molecule has 1 aromatic carbocycles. The third-order valence-electron chi connectivity index (χ3n) is 2.81. The van der Waals surface area contributed by atoms with Crippen LogP contribution in [0.3, 0.4) is 0 Å². The number of nitrogens with one attached hydrogen (secondary N) is 1. The molecule has 0 aliphatic heterocycles. The molecule has 0 aliphatic carbocycles. The Hall–Kier alpha value is -2.33. The van der Waals surface area contributed by atoms with E-state index in [0.717, 1.165) is 12.1 Å². The van der Waals surface area contributed by atoms with E-state index < -0.39 is 26.6 Å². The van der Waals surface area contributed by atoms with Gasteiger partial charge in [-0.1, -0.05) is 5.16 Å². The largest absolute Gasteiger partial charge is 0.333 e. The van der Waals surface area contributed by atoms with Gasteiger partial charge in [0.2, 0.25) is 0 Å². The summed E-state index contributed by atoms with van der Waals surface area (Å²) in [6.07, 6.45) is 0. The number of anilines is 1. The Labute approximate surface area is 133 Å². The van der Waals surface area contributed by atoms with E-state index in [-0.39, 0.29) is 11.6 Å². The molecule has 0 saturated heterocycles. The predicted molar refractivity (Wildman–Crippen MR) is 79.5 cm³/mol. The van der Waals surface area contributed by atoms with Gasteiger partial charge in [0.1, 0.15) is 21.4 Å². The van der Waals surface area contributed by atoms with Crippen LogP contribution in [-0.2, 0) is 10.0 Å². The van der Waals surface area contributed by atoms with Crippen LogP contribution in [0.5, 0.6) is 0 Å². The Kier molecular flexibility index (Phi) is 3.86. The van der Waals surface area contributed by atoms with Crippen LogP contribution < -0.4 is 4.72 Å². The van der Waals surface area contributed by atoms with Crippen molar-refractivity contribution < 1.29 is 21.7 Å². The maximum atomic E-state index is 13.7. The number of hydrogen-bond donors (Lipinski definition) is 1. The van der Waals surface area contributed by atoms with E-state index >= 15 is 0 Å². The third kappa shape index (κ3) is 3.08. The van der Waals surface area contributed by atoms with Crippen LogP contribution >= 0.6 is 11.3 Å². The molecule has 1 N–H and O–H groups in total. The van der Waals surface area contributed by atoms with Gasteiger partial charge in [0.05, 0.1) is 5.69 Å². The highest BCUT2D eigenvalue weighted by Gasteiger charge is 2.23. The Bertz CT molecular complexity index is 967. The summed E-state index contributed by atoms with van der Waals surface area (Å²) in [6.45, 7) is 1.62. The monoisotopic (exact) mass is 357 g/mol. The molecule has 0 radical (unpaired) electrons. The lowest BCUT2D eigenvalue weighted by molar-refractivity contribution is 0.426. The second-order valence-electron chi connectivity index (χ2n) is 4.49. The molecule has 0 saturated carbocycles. The summed E-state index contributed by atoms with van der Waals surface area (Å²) in [5.74, 6) is -1.39. The zero-order valence-electron chi connectivity index (χ0n) is 11.6. The molecule has 0 amide bonds. The fourth-order valence-electron chi connectivity index (χ4n) is 1.83. The number of aryl methyl sites for hydroxylation is 1. The van der Waals surface area contributed by atoms with E-state index in [0.29, 0.717) is 16.8 Å². The van der Waals surface area contributed by atoms with Crippen molar-refractivity contribution in [3.05, 3.63) is 47.1 Å². The van der Waals surface area contributed by atoms with E-state index in [4.69, 9.17) is 4.52 Å². The summed E-state index contributed by atoms with van der Waals surface area (Å²) < 4.78 is 58.7. The van der Waals surface area contributed by atoms with Gasteiger partial charge in [-0.25, -0.2) is 17.2 Å². The minimum Gasteiger partial charge on any atom is -0.333 e. The molecule has 6 nitrogen and oxygen atoms in total. The first-order valence-corrected chi connectivity index (χ1v) is 8.59. The highest BCUT2D eigenvalue weighted by Crippen LogP contribution is 2.34. The Morgan fingerprint density at radius 1 is 1.26 bits per heavy atom. The van der Waals surface area contributed by atoms with Crippen molar-refractivity contribution in [2.24, 2.45) is 0 Å². The van der Waals surface area contributed by atoms with E-state index in [1.165, 1.54) is 17.4 Å². The van der Waals surface area contributed by atoms with Gasteiger partial charge in [-0.2, -0.15) is 4.98 Å². The zero-order valence-corrected chi connectivity index (χ0v) is 13.2. The molecule has 120 valence electrons. The minimum absolute atomic E-state index is 0.134. The molecule has 0 spiro atoms. The number of halogens is 2. The average Bonchev–Trinajstić information content (AvgIpc) is 3.09. The zero-order chi connectivity index (χ0) is 16.6. The fraction of sp³-hybridized carbons (Fsp3) is 0.0769. The van der Waals surface area contributed by atoms with Gasteiger partial charge in [0.25, 0.3) is 15.9 Å². The first kappa shape index (κ1) is 15.6. The second kappa shape index (κ2) is 5.70. The Morgan fingerprint density at radius 3 is 2.74 bits per heavy atom. The second-order valence-corrected chi connectivity index (χ2v) is 7.06.